The molecule has 2 aromatic carbocycles. The molecule has 1 atom stereocenters. The minimum Gasteiger partial charge on any atom is -0.478 e. The van der Waals surface area contributed by atoms with Gasteiger partial charge in [-0.15, -0.1) is 0 Å². The van der Waals surface area contributed by atoms with Gasteiger partial charge in [-0.1, -0.05) is 36.8 Å². The fourth-order valence-corrected chi connectivity index (χ4v) is 4.31. The summed E-state index contributed by atoms with van der Waals surface area (Å²) in [6.45, 7) is 6.04. The number of hydrogen-bond donors (Lipinski definition) is 1. The molecule has 4 rings (SSSR count). The highest BCUT2D eigenvalue weighted by atomic mass is 16.4. The Balaban J connectivity index is 1.92. The average Bonchev–Trinajstić information content (AvgIpc) is 2.76. The van der Waals surface area contributed by atoms with Crippen LogP contribution in [0.5, 0.6) is 0 Å². The highest BCUT2D eigenvalue weighted by Gasteiger charge is 2.24. The van der Waals surface area contributed by atoms with Crippen molar-refractivity contribution in [3.8, 4) is 11.3 Å². The molecule has 5 nitrogen and oxygen atoms in total. The van der Waals surface area contributed by atoms with Crippen LogP contribution in [0.2, 0.25) is 0 Å². The van der Waals surface area contributed by atoms with E-state index in [2.05, 4.69) is 17.9 Å². The molecule has 1 fully saturated rings. The Morgan fingerprint density at radius 2 is 1.79 bits per heavy atom. The van der Waals surface area contributed by atoms with Crippen LogP contribution in [0.3, 0.4) is 0 Å². The van der Waals surface area contributed by atoms with E-state index in [1.54, 1.807) is 19.1 Å². The van der Waals surface area contributed by atoms with Gasteiger partial charge in [-0.3, -0.25) is 9.69 Å². The molecular formula is C24H25NO4. The Hall–Kier alpha value is -2.92. The van der Waals surface area contributed by atoms with E-state index in [4.69, 9.17) is 4.42 Å². The molecule has 1 unspecified atom stereocenters. The first-order valence-corrected chi connectivity index (χ1v) is 10.1. The maximum Gasteiger partial charge on any atom is 0.339 e. The third-order valence-electron chi connectivity index (χ3n) is 5.97. The molecule has 150 valence electrons. The van der Waals surface area contributed by atoms with E-state index in [9.17, 15) is 14.7 Å². The van der Waals surface area contributed by atoms with Gasteiger partial charge in [0.25, 0.3) is 0 Å². The molecule has 2 heterocycles. The topological polar surface area (TPSA) is 70.8 Å². The number of benzene rings is 2. The smallest absolute Gasteiger partial charge is 0.339 e. The van der Waals surface area contributed by atoms with Gasteiger partial charge < -0.3 is 9.52 Å². The highest BCUT2D eigenvalue weighted by molar-refractivity contribution is 6.01. The second-order valence-electron chi connectivity index (χ2n) is 7.73. The van der Waals surface area contributed by atoms with E-state index in [1.807, 2.05) is 18.2 Å². The van der Waals surface area contributed by atoms with Crippen LogP contribution in [0.4, 0.5) is 0 Å². The number of piperidine rings is 1. The minimum absolute atomic E-state index is 0.00223. The third kappa shape index (κ3) is 3.47. The monoisotopic (exact) mass is 391 g/mol. The summed E-state index contributed by atoms with van der Waals surface area (Å²) in [6.07, 6.45) is 3.65. The quantitative estimate of drug-likeness (QED) is 0.677. The lowest BCUT2D eigenvalue weighted by Crippen LogP contribution is -2.32. The highest BCUT2D eigenvalue weighted by Crippen LogP contribution is 2.35. The molecule has 29 heavy (non-hydrogen) atoms. The van der Waals surface area contributed by atoms with Gasteiger partial charge in [0.15, 0.2) is 11.0 Å². The number of carbonyl (C=O) groups is 1. The summed E-state index contributed by atoms with van der Waals surface area (Å²) in [5.74, 6) is -0.654. The van der Waals surface area contributed by atoms with Gasteiger partial charge in [0.05, 0.1) is 5.39 Å². The first-order chi connectivity index (χ1) is 14.0. The second-order valence-corrected chi connectivity index (χ2v) is 7.73. The lowest BCUT2D eigenvalue weighted by atomic mass is 9.94. The van der Waals surface area contributed by atoms with Crippen LogP contribution in [0.1, 0.15) is 53.7 Å². The summed E-state index contributed by atoms with van der Waals surface area (Å²) < 4.78 is 6.13. The van der Waals surface area contributed by atoms with Crippen LogP contribution in [0.25, 0.3) is 22.3 Å². The van der Waals surface area contributed by atoms with E-state index < -0.39 is 5.97 Å². The van der Waals surface area contributed by atoms with E-state index in [0.29, 0.717) is 16.7 Å². The number of carboxylic acids is 1. The number of aromatic carboxylic acids is 1. The maximum absolute atomic E-state index is 13.0. The number of fused-ring (bicyclic) bond motifs is 1. The first kappa shape index (κ1) is 19.4. The van der Waals surface area contributed by atoms with Gasteiger partial charge in [0, 0.05) is 17.2 Å². The van der Waals surface area contributed by atoms with Gasteiger partial charge in [-0.25, -0.2) is 4.79 Å². The lowest BCUT2D eigenvalue weighted by Gasteiger charge is -2.33. The van der Waals surface area contributed by atoms with Gasteiger partial charge in [0.1, 0.15) is 11.3 Å². The van der Waals surface area contributed by atoms with E-state index in [-0.39, 0.29) is 22.6 Å². The third-order valence-corrected chi connectivity index (χ3v) is 5.97. The molecule has 0 radical (unpaired) electrons. The zero-order valence-corrected chi connectivity index (χ0v) is 16.8. The largest absolute Gasteiger partial charge is 0.478 e. The predicted octanol–water partition coefficient (Wildman–Crippen LogP) is 5.01. The molecule has 0 spiro atoms. The Morgan fingerprint density at radius 3 is 2.52 bits per heavy atom. The van der Waals surface area contributed by atoms with Gasteiger partial charge in [0.2, 0.25) is 0 Å². The summed E-state index contributed by atoms with van der Waals surface area (Å²) in [6, 6.07) is 12.8. The van der Waals surface area contributed by atoms with Crippen molar-refractivity contribution in [2.45, 2.75) is 39.2 Å². The maximum atomic E-state index is 13.0. The Morgan fingerprint density at radius 1 is 1.07 bits per heavy atom. The fourth-order valence-electron chi connectivity index (χ4n) is 4.31. The molecule has 0 aliphatic carbocycles. The second kappa shape index (κ2) is 7.84. The number of carboxylic acid groups (broad SMARTS) is 1. The standard InChI is InChI=1S/C24H25NO4/c1-15-21(26)19-11-8-12-20(24(27)28)23(19)29-22(15)18-10-5-4-9-17(18)16(2)25-13-6-3-7-14-25/h4-5,8-12,16H,3,6-7,13-14H2,1-2H3,(H,27,28). The van der Waals surface area contributed by atoms with Crippen LogP contribution < -0.4 is 5.43 Å². The van der Waals surface area contributed by atoms with E-state index in [1.165, 1.54) is 25.3 Å². The molecule has 1 saturated heterocycles. The summed E-state index contributed by atoms with van der Waals surface area (Å²) in [4.78, 5) is 27.1. The molecule has 1 aliphatic heterocycles. The number of para-hydroxylation sites is 1. The number of rotatable bonds is 4. The molecule has 0 amide bonds. The number of likely N-dealkylation sites (tertiary alicyclic amines) is 1. The minimum atomic E-state index is -1.11. The van der Waals surface area contributed by atoms with Crippen molar-refractivity contribution in [1.29, 1.82) is 0 Å². The Bertz CT molecular complexity index is 1130. The van der Waals surface area contributed by atoms with Crippen LogP contribution >= 0.6 is 0 Å². The Kier molecular flexibility index (Phi) is 5.24. The van der Waals surface area contributed by atoms with Crippen LogP contribution in [-0.2, 0) is 0 Å². The zero-order chi connectivity index (χ0) is 20.5. The van der Waals surface area contributed by atoms with Crippen molar-refractivity contribution >= 4 is 16.9 Å². The SMILES string of the molecule is Cc1c(-c2ccccc2C(C)N2CCCCC2)oc2c(C(=O)O)cccc2c1=O. The van der Waals surface area contributed by atoms with Crippen LogP contribution in [-0.4, -0.2) is 29.1 Å². The van der Waals surface area contributed by atoms with Crippen molar-refractivity contribution in [2.75, 3.05) is 13.1 Å². The summed E-state index contributed by atoms with van der Waals surface area (Å²) in [5, 5.41) is 9.85. The zero-order valence-electron chi connectivity index (χ0n) is 16.8. The molecular weight excluding hydrogens is 366 g/mol. The van der Waals surface area contributed by atoms with Gasteiger partial charge in [-0.2, -0.15) is 0 Å². The van der Waals surface area contributed by atoms with Crippen LogP contribution in [0, 0.1) is 6.92 Å². The molecule has 0 saturated carbocycles. The van der Waals surface area contributed by atoms with Gasteiger partial charge in [-0.05, 0) is 57.5 Å². The molecule has 5 heteroatoms. The number of hydrogen-bond acceptors (Lipinski definition) is 4. The van der Waals surface area contributed by atoms with E-state index >= 15 is 0 Å². The molecule has 1 aromatic heterocycles. The molecule has 3 aromatic rings. The van der Waals surface area contributed by atoms with Crippen molar-refractivity contribution in [3.63, 3.8) is 0 Å². The predicted molar refractivity (Wildman–Crippen MR) is 113 cm³/mol. The lowest BCUT2D eigenvalue weighted by molar-refractivity contribution is 0.0698. The van der Waals surface area contributed by atoms with Crippen molar-refractivity contribution in [2.24, 2.45) is 0 Å². The van der Waals surface area contributed by atoms with Crippen molar-refractivity contribution in [3.05, 3.63) is 69.4 Å². The molecule has 0 bridgehead atoms. The number of nitrogens with zero attached hydrogens (tertiary/aromatic N) is 1. The normalized spacial score (nSPS) is 16.1. The fraction of sp³-hybridized carbons (Fsp3) is 0.333. The average molecular weight is 391 g/mol. The summed E-state index contributed by atoms with van der Waals surface area (Å²) in [7, 11) is 0. The molecule has 1 aliphatic rings. The van der Waals surface area contributed by atoms with Crippen molar-refractivity contribution < 1.29 is 14.3 Å². The van der Waals surface area contributed by atoms with Crippen LogP contribution in [0.15, 0.2) is 51.7 Å². The summed E-state index contributed by atoms with van der Waals surface area (Å²) >= 11 is 0. The summed E-state index contributed by atoms with van der Waals surface area (Å²) in [5.41, 5.74) is 2.38. The Labute approximate surface area is 169 Å². The first-order valence-electron chi connectivity index (χ1n) is 10.1. The van der Waals surface area contributed by atoms with Crippen molar-refractivity contribution in [1.82, 2.24) is 4.90 Å². The van der Waals surface area contributed by atoms with E-state index in [0.717, 1.165) is 24.2 Å². The molecule has 1 N–H and O–H groups in total. The van der Waals surface area contributed by atoms with Gasteiger partial charge >= 0.3 is 5.97 Å².